The van der Waals surface area contributed by atoms with Crippen molar-refractivity contribution in [3.8, 4) is 0 Å². The molecule has 4 atom stereocenters. The van der Waals surface area contributed by atoms with Crippen molar-refractivity contribution < 1.29 is 19.3 Å². The first-order valence-electron chi connectivity index (χ1n) is 5.77. The molecule has 20 heavy (non-hydrogen) atoms. The molecular formula is C10H11ClFN5O3. The van der Waals surface area contributed by atoms with E-state index in [4.69, 9.17) is 27.2 Å². The maximum Gasteiger partial charge on any atom is 0.226 e. The summed E-state index contributed by atoms with van der Waals surface area (Å²) in [5.74, 6) is 0.0615. The fraction of sp³-hybridized carbons (Fsp3) is 0.500. The Morgan fingerprint density at radius 2 is 2.25 bits per heavy atom. The van der Waals surface area contributed by atoms with Crippen molar-refractivity contribution in [1.29, 1.82) is 0 Å². The monoisotopic (exact) mass is 303 g/mol. The predicted octanol–water partition coefficient (Wildman–Crippen LogP) is -0.349. The van der Waals surface area contributed by atoms with Crippen LogP contribution in [-0.4, -0.2) is 54.7 Å². The Labute approximate surface area is 117 Å². The topological polar surface area (TPSA) is 119 Å². The number of aliphatic hydroxyl groups excluding tert-OH is 2. The van der Waals surface area contributed by atoms with Crippen LogP contribution in [0.1, 0.15) is 6.23 Å². The van der Waals surface area contributed by atoms with E-state index in [1.807, 2.05) is 0 Å². The molecule has 1 aliphatic heterocycles. The maximum absolute atomic E-state index is 14.1. The van der Waals surface area contributed by atoms with E-state index in [-0.39, 0.29) is 22.3 Å². The van der Waals surface area contributed by atoms with Crippen molar-refractivity contribution >= 4 is 28.6 Å². The van der Waals surface area contributed by atoms with Gasteiger partial charge < -0.3 is 20.7 Å². The van der Waals surface area contributed by atoms with Crippen molar-refractivity contribution in [2.45, 2.75) is 24.6 Å². The van der Waals surface area contributed by atoms with Gasteiger partial charge in [-0.3, -0.25) is 4.57 Å². The number of halogens is 2. The fourth-order valence-corrected chi connectivity index (χ4v) is 2.35. The minimum Gasteiger partial charge on any atom is -0.394 e. The number of nitrogens with two attached hydrogens (primary N) is 1. The summed E-state index contributed by atoms with van der Waals surface area (Å²) in [5, 5.41) is 18.6. The molecule has 0 bridgehead atoms. The Kier molecular flexibility index (Phi) is 3.21. The number of imidazole rings is 1. The second-order valence-electron chi connectivity index (χ2n) is 4.38. The second-order valence-corrected chi connectivity index (χ2v) is 4.72. The fourth-order valence-electron chi connectivity index (χ4n) is 2.18. The van der Waals surface area contributed by atoms with Crippen LogP contribution in [0.3, 0.4) is 0 Å². The van der Waals surface area contributed by atoms with E-state index in [0.29, 0.717) is 0 Å². The van der Waals surface area contributed by atoms with Crippen molar-refractivity contribution in [2.24, 2.45) is 0 Å². The first-order chi connectivity index (χ1) is 9.52. The average Bonchev–Trinajstić information content (AvgIpc) is 2.93. The van der Waals surface area contributed by atoms with Gasteiger partial charge in [-0.1, -0.05) is 0 Å². The van der Waals surface area contributed by atoms with Crippen LogP contribution in [0.25, 0.3) is 11.2 Å². The van der Waals surface area contributed by atoms with Crippen LogP contribution in [0.2, 0.25) is 5.28 Å². The number of hydrogen-bond donors (Lipinski definition) is 3. The molecule has 4 N–H and O–H groups in total. The van der Waals surface area contributed by atoms with Crippen molar-refractivity contribution in [3.05, 3.63) is 11.6 Å². The van der Waals surface area contributed by atoms with Crippen molar-refractivity contribution in [3.63, 3.8) is 0 Å². The standard InChI is InChI=1S/C10H11ClFN5O3/c11-10-15-7(13)5-8(16-10)17(2-14-5)9-4(12)6(19)3(1-18)20-9/h2-4,6,9,18-19H,1H2,(H2,13,15,16)/t3-,4-,6-,9+/m1/s1. The molecule has 8 nitrogen and oxygen atoms in total. The Morgan fingerprint density at radius 1 is 1.50 bits per heavy atom. The quantitative estimate of drug-likeness (QED) is 0.649. The summed E-state index contributed by atoms with van der Waals surface area (Å²) in [5.41, 5.74) is 6.10. The zero-order valence-corrected chi connectivity index (χ0v) is 10.8. The number of alkyl halides is 1. The van der Waals surface area contributed by atoms with Gasteiger partial charge in [-0.15, -0.1) is 0 Å². The maximum atomic E-state index is 14.1. The smallest absolute Gasteiger partial charge is 0.226 e. The van der Waals surface area contributed by atoms with Crippen LogP contribution in [-0.2, 0) is 4.74 Å². The Bertz CT molecular complexity index is 653. The third kappa shape index (κ3) is 1.90. The van der Waals surface area contributed by atoms with E-state index in [2.05, 4.69) is 15.0 Å². The molecule has 2 aromatic heterocycles. The van der Waals surface area contributed by atoms with Gasteiger partial charge in [0.2, 0.25) is 5.28 Å². The molecule has 0 aromatic carbocycles. The number of anilines is 1. The number of hydrogen-bond acceptors (Lipinski definition) is 7. The van der Waals surface area contributed by atoms with Gasteiger partial charge in [0.1, 0.15) is 17.7 Å². The molecule has 1 aliphatic rings. The molecule has 1 saturated heterocycles. The number of nitrogen functional groups attached to an aromatic ring is 1. The first-order valence-corrected chi connectivity index (χ1v) is 6.14. The van der Waals surface area contributed by atoms with E-state index < -0.39 is 31.2 Å². The molecule has 10 heteroatoms. The summed E-state index contributed by atoms with van der Waals surface area (Å²) in [6.45, 7) is -0.497. The molecule has 0 amide bonds. The van der Waals surface area contributed by atoms with Crippen LogP contribution in [0, 0.1) is 0 Å². The van der Waals surface area contributed by atoms with Crippen LogP contribution in [0.4, 0.5) is 10.2 Å². The highest BCUT2D eigenvalue weighted by atomic mass is 35.5. The highest BCUT2D eigenvalue weighted by Gasteiger charge is 2.45. The average molecular weight is 304 g/mol. The summed E-state index contributed by atoms with van der Waals surface area (Å²) in [4.78, 5) is 11.7. The van der Waals surface area contributed by atoms with E-state index in [1.165, 1.54) is 10.9 Å². The number of rotatable bonds is 2. The third-order valence-corrected chi connectivity index (χ3v) is 3.34. The van der Waals surface area contributed by atoms with E-state index >= 15 is 0 Å². The van der Waals surface area contributed by atoms with Crippen molar-refractivity contribution in [2.75, 3.05) is 12.3 Å². The van der Waals surface area contributed by atoms with Crippen LogP contribution < -0.4 is 5.73 Å². The van der Waals surface area contributed by atoms with E-state index in [9.17, 15) is 9.50 Å². The lowest BCUT2D eigenvalue weighted by Crippen LogP contribution is -2.30. The third-order valence-electron chi connectivity index (χ3n) is 3.17. The molecule has 0 spiro atoms. The highest BCUT2D eigenvalue weighted by Crippen LogP contribution is 2.34. The molecule has 108 valence electrons. The normalized spacial score (nSPS) is 30.2. The summed E-state index contributed by atoms with van der Waals surface area (Å²) in [6, 6.07) is 0. The summed E-state index contributed by atoms with van der Waals surface area (Å²) in [6.07, 6.45) is -4.08. The SMILES string of the molecule is Nc1nc(Cl)nc2c1ncn2[C@H]1O[C@H](CO)[C@@H](O)[C@H]1F. The van der Waals surface area contributed by atoms with Gasteiger partial charge in [-0.25, -0.2) is 9.37 Å². The molecule has 1 fully saturated rings. The van der Waals surface area contributed by atoms with E-state index in [1.54, 1.807) is 0 Å². The number of fused-ring (bicyclic) bond motifs is 1. The Balaban J connectivity index is 2.07. The molecule has 0 radical (unpaired) electrons. The lowest BCUT2D eigenvalue weighted by Gasteiger charge is -2.15. The van der Waals surface area contributed by atoms with Gasteiger partial charge in [-0.2, -0.15) is 9.97 Å². The van der Waals surface area contributed by atoms with Crippen molar-refractivity contribution in [1.82, 2.24) is 19.5 Å². The van der Waals surface area contributed by atoms with Gasteiger partial charge in [0, 0.05) is 0 Å². The van der Waals surface area contributed by atoms with Gasteiger partial charge in [-0.05, 0) is 11.6 Å². The summed E-state index contributed by atoms with van der Waals surface area (Å²) in [7, 11) is 0. The number of aromatic nitrogens is 4. The first kappa shape index (κ1) is 13.4. The van der Waals surface area contributed by atoms with E-state index in [0.717, 1.165) is 0 Å². The van der Waals surface area contributed by atoms with Gasteiger partial charge in [0.25, 0.3) is 0 Å². The second kappa shape index (κ2) is 4.77. The molecular weight excluding hydrogens is 293 g/mol. The van der Waals surface area contributed by atoms with Gasteiger partial charge in [0.05, 0.1) is 12.9 Å². The molecule has 0 unspecified atom stereocenters. The summed E-state index contributed by atoms with van der Waals surface area (Å²) < 4.78 is 20.6. The molecule has 0 aliphatic carbocycles. The molecule has 2 aromatic rings. The van der Waals surface area contributed by atoms with Gasteiger partial charge in [0.15, 0.2) is 23.9 Å². The minimum absolute atomic E-state index is 0.0615. The molecule has 0 saturated carbocycles. The zero-order valence-electron chi connectivity index (χ0n) is 10.0. The Hall–Kier alpha value is -1.55. The summed E-state index contributed by atoms with van der Waals surface area (Å²) >= 11 is 5.71. The Morgan fingerprint density at radius 3 is 2.90 bits per heavy atom. The highest BCUT2D eigenvalue weighted by molar-refractivity contribution is 6.28. The minimum atomic E-state index is -1.74. The van der Waals surface area contributed by atoms with Crippen LogP contribution in [0.5, 0.6) is 0 Å². The predicted molar refractivity (Wildman–Crippen MR) is 66.6 cm³/mol. The van der Waals surface area contributed by atoms with Crippen LogP contribution in [0.15, 0.2) is 6.33 Å². The molecule has 3 heterocycles. The van der Waals surface area contributed by atoms with Gasteiger partial charge >= 0.3 is 0 Å². The number of nitrogens with zero attached hydrogens (tertiary/aromatic N) is 4. The zero-order chi connectivity index (χ0) is 14.4. The number of ether oxygens (including phenoxy) is 1. The number of aliphatic hydroxyl groups is 2. The largest absolute Gasteiger partial charge is 0.394 e. The lowest BCUT2D eigenvalue weighted by molar-refractivity contribution is -0.0459. The van der Waals surface area contributed by atoms with Crippen LogP contribution >= 0.6 is 11.6 Å². The molecule has 3 rings (SSSR count). The lowest BCUT2D eigenvalue weighted by atomic mass is 10.1.